The Kier molecular flexibility index (Phi) is 9.77. The van der Waals surface area contributed by atoms with Crippen LogP contribution in [0.3, 0.4) is 0 Å². The van der Waals surface area contributed by atoms with E-state index in [1.54, 1.807) is 13.0 Å². The van der Waals surface area contributed by atoms with Crippen LogP contribution in [0.4, 0.5) is 0 Å². The number of hydrogen-bond acceptors (Lipinski definition) is 6. The highest BCUT2D eigenvalue weighted by atomic mass is 16.3. The molecule has 0 bridgehead atoms. The second-order valence-electron chi connectivity index (χ2n) is 12.4. The maximum Gasteiger partial charge on any atom is 0.132 e. The lowest BCUT2D eigenvalue weighted by Crippen LogP contribution is -2.63. The van der Waals surface area contributed by atoms with Crippen molar-refractivity contribution in [3.63, 3.8) is 0 Å². The van der Waals surface area contributed by atoms with Crippen LogP contribution in [-0.2, 0) is 0 Å². The summed E-state index contributed by atoms with van der Waals surface area (Å²) in [6.45, 7) is 22.3. The highest BCUT2D eigenvalue weighted by molar-refractivity contribution is 5.04. The standard InChI is InChI=1S/C25H52N4O2/c1-11-21(2,3)28-22(4,5)15-16-26-20(30)13-12-14-25(10,31)27-19-17-23(6,7)29-24(8,9)18-19/h12,14,19-20,26-31H,11,13,15-18H2,1-10H3/b14-12+. The van der Waals surface area contributed by atoms with Gasteiger partial charge in [-0.15, -0.1) is 0 Å². The van der Waals surface area contributed by atoms with Gasteiger partial charge >= 0.3 is 0 Å². The Morgan fingerprint density at radius 2 is 1.58 bits per heavy atom. The van der Waals surface area contributed by atoms with Crippen molar-refractivity contribution in [2.75, 3.05) is 6.54 Å². The van der Waals surface area contributed by atoms with Gasteiger partial charge in [-0.05, 0) is 101 Å². The zero-order valence-electron chi connectivity index (χ0n) is 21.9. The molecule has 1 fully saturated rings. The van der Waals surface area contributed by atoms with E-state index in [9.17, 15) is 10.2 Å². The van der Waals surface area contributed by atoms with E-state index in [0.29, 0.717) is 6.42 Å². The summed E-state index contributed by atoms with van der Waals surface area (Å²) < 4.78 is 0. The molecule has 2 atom stereocenters. The number of aliphatic hydroxyl groups is 2. The lowest BCUT2D eigenvalue weighted by molar-refractivity contribution is 0.0334. The smallest absolute Gasteiger partial charge is 0.132 e. The Balaban J connectivity index is 2.44. The minimum absolute atomic E-state index is 0.00787. The predicted molar refractivity (Wildman–Crippen MR) is 132 cm³/mol. The van der Waals surface area contributed by atoms with E-state index in [2.05, 4.69) is 83.6 Å². The molecule has 6 nitrogen and oxygen atoms in total. The fourth-order valence-electron chi connectivity index (χ4n) is 5.01. The Hall–Kier alpha value is -0.500. The van der Waals surface area contributed by atoms with Crippen molar-refractivity contribution in [2.45, 2.75) is 141 Å². The molecule has 0 saturated carbocycles. The van der Waals surface area contributed by atoms with E-state index in [1.807, 2.05) is 6.08 Å². The quantitative estimate of drug-likeness (QED) is 0.206. The van der Waals surface area contributed by atoms with Crippen LogP contribution in [0.15, 0.2) is 12.2 Å². The van der Waals surface area contributed by atoms with Gasteiger partial charge in [0.15, 0.2) is 0 Å². The third kappa shape index (κ3) is 11.8. The zero-order chi connectivity index (χ0) is 24.1. The van der Waals surface area contributed by atoms with Gasteiger partial charge in [0, 0.05) is 34.6 Å². The van der Waals surface area contributed by atoms with Gasteiger partial charge in [0.25, 0.3) is 0 Å². The van der Waals surface area contributed by atoms with Gasteiger partial charge in [-0.3, -0.25) is 10.6 Å². The second kappa shape index (κ2) is 10.6. The van der Waals surface area contributed by atoms with Gasteiger partial charge in [0.05, 0.1) is 0 Å². The molecule has 1 aliphatic heterocycles. The number of rotatable bonds is 12. The summed E-state index contributed by atoms with van der Waals surface area (Å²) in [5.41, 5.74) is -0.970. The number of nitrogens with one attached hydrogen (secondary N) is 4. The van der Waals surface area contributed by atoms with Gasteiger partial charge in [0.2, 0.25) is 0 Å². The van der Waals surface area contributed by atoms with Crippen LogP contribution < -0.4 is 21.3 Å². The fourth-order valence-corrected chi connectivity index (χ4v) is 5.01. The van der Waals surface area contributed by atoms with Gasteiger partial charge in [-0.1, -0.05) is 13.0 Å². The van der Waals surface area contributed by atoms with E-state index >= 15 is 0 Å². The minimum atomic E-state index is -1.11. The molecular formula is C25H52N4O2. The Morgan fingerprint density at radius 3 is 2.10 bits per heavy atom. The average molecular weight is 441 g/mol. The summed E-state index contributed by atoms with van der Waals surface area (Å²) in [6.07, 6.45) is 7.32. The van der Waals surface area contributed by atoms with Gasteiger partial charge in [-0.25, -0.2) is 0 Å². The van der Waals surface area contributed by atoms with Crippen LogP contribution in [-0.4, -0.2) is 56.9 Å². The largest absolute Gasteiger partial charge is 0.378 e. The van der Waals surface area contributed by atoms with E-state index in [0.717, 1.165) is 32.2 Å². The second-order valence-corrected chi connectivity index (χ2v) is 12.4. The molecule has 6 N–H and O–H groups in total. The van der Waals surface area contributed by atoms with Crippen LogP contribution in [0.25, 0.3) is 0 Å². The molecule has 0 aromatic heterocycles. The maximum absolute atomic E-state index is 10.8. The Morgan fingerprint density at radius 1 is 1.03 bits per heavy atom. The lowest BCUT2D eigenvalue weighted by atomic mass is 9.79. The summed E-state index contributed by atoms with van der Waals surface area (Å²) in [6, 6.07) is 0.219. The topological polar surface area (TPSA) is 88.6 Å². The van der Waals surface area contributed by atoms with Crippen LogP contribution in [0.1, 0.15) is 101 Å². The van der Waals surface area contributed by atoms with E-state index in [4.69, 9.17) is 0 Å². The van der Waals surface area contributed by atoms with E-state index in [1.165, 1.54) is 0 Å². The first-order valence-electron chi connectivity index (χ1n) is 12.0. The molecule has 0 aromatic carbocycles. The first-order chi connectivity index (χ1) is 13.9. The monoisotopic (exact) mass is 440 g/mol. The normalized spacial score (nSPS) is 23.1. The van der Waals surface area contributed by atoms with Crippen molar-refractivity contribution in [1.29, 1.82) is 0 Å². The zero-order valence-corrected chi connectivity index (χ0v) is 21.9. The fraction of sp³-hybridized carbons (Fsp3) is 0.920. The lowest BCUT2D eigenvalue weighted by Gasteiger charge is -2.48. The first-order valence-corrected chi connectivity index (χ1v) is 12.0. The molecule has 0 aromatic rings. The van der Waals surface area contributed by atoms with Crippen LogP contribution in [0, 0.1) is 0 Å². The predicted octanol–water partition coefficient (Wildman–Crippen LogP) is 3.39. The Bertz CT molecular complexity index is 566. The average Bonchev–Trinajstić information content (AvgIpc) is 2.49. The first kappa shape index (κ1) is 28.5. The third-order valence-electron chi connectivity index (χ3n) is 6.18. The molecule has 31 heavy (non-hydrogen) atoms. The molecule has 0 spiro atoms. The molecule has 1 heterocycles. The molecule has 0 radical (unpaired) electrons. The molecule has 1 saturated heterocycles. The summed E-state index contributed by atoms with van der Waals surface area (Å²) >= 11 is 0. The number of hydrogen-bond donors (Lipinski definition) is 6. The van der Waals surface area contributed by atoms with Crippen molar-refractivity contribution >= 4 is 0 Å². The number of piperidine rings is 1. The highest BCUT2D eigenvalue weighted by Crippen LogP contribution is 2.29. The summed E-state index contributed by atoms with van der Waals surface area (Å²) in [5, 5.41) is 35.0. The summed E-state index contributed by atoms with van der Waals surface area (Å²) in [5.74, 6) is 0. The van der Waals surface area contributed by atoms with Gasteiger partial charge < -0.3 is 20.8 Å². The van der Waals surface area contributed by atoms with Crippen molar-refractivity contribution < 1.29 is 10.2 Å². The van der Waals surface area contributed by atoms with Crippen molar-refractivity contribution in [2.24, 2.45) is 0 Å². The molecular weight excluding hydrogens is 388 g/mol. The molecule has 1 rings (SSSR count). The Labute approximate surface area is 192 Å². The van der Waals surface area contributed by atoms with Crippen LogP contribution in [0.5, 0.6) is 0 Å². The van der Waals surface area contributed by atoms with E-state index < -0.39 is 12.0 Å². The van der Waals surface area contributed by atoms with Crippen LogP contribution in [0.2, 0.25) is 0 Å². The third-order valence-corrected chi connectivity index (χ3v) is 6.18. The molecule has 0 aliphatic carbocycles. The van der Waals surface area contributed by atoms with Crippen molar-refractivity contribution in [3.8, 4) is 0 Å². The summed E-state index contributed by atoms with van der Waals surface area (Å²) in [7, 11) is 0. The molecule has 2 unspecified atom stereocenters. The van der Waals surface area contributed by atoms with Crippen molar-refractivity contribution in [3.05, 3.63) is 12.2 Å². The summed E-state index contributed by atoms with van der Waals surface area (Å²) in [4.78, 5) is 0. The van der Waals surface area contributed by atoms with E-state index in [-0.39, 0.29) is 28.2 Å². The van der Waals surface area contributed by atoms with Gasteiger partial charge in [0.1, 0.15) is 12.0 Å². The molecule has 184 valence electrons. The van der Waals surface area contributed by atoms with Crippen molar-refractivity contribution in [1.82, 2.24) is 21.3 Å². The molecule has 0 amide bonds. The SMILES string of the molecule is CCC(C)(C)NC(C)(C)CCNC(O)C/C=C/C(C)(O)NC1CC(C)(C)NC(C)(C)C1. The minimum Gasteiger partial charge on any atom is -0.378 e. The number of aliphatic hydroxyl groups excluding tert-OH is 1. The molecule has 6 heteroatoms. The highest BCUT2D eigenvalue weighted by Gasteiger charge is 2.39. The van der Waals surface area contributed by atoms with Crippen LogP contribution >= 0.6 is 0 Å². The van der Waals surface area contributed by atoms with Gasteiger partial charge in [-0.2, -0.15) is 0 Å². The maximum atomic E-state index is 10.8. The molecule has 1 aliphatic rings.